The van der Waals surface area contributed by atoms with Gasteiger partial charge in [-0.15, -0.1) is 0 Å². The molecule has 1 atom stereocenters. The van der Waals surface area contributed by atoms with E-state index < -0.39 is 12.3 Å². The summed E-state index contributed by atoms with van der Waals surface area (Å²) in [5.74, 6) is -0.524. The second kappa shape index (κ2) is 5.32. The van der Waals surface area contributed by atoms with Crippen molar-refractivity contribution in [1.29, 1.82) is 0 Å². The van der Waals surface area contributed by atoms with E-state index >= 15 is 0 Å². The van der Waals surface area contributed by atoms with E-state index in [1.165, 1.54) is 6.08 Å². The zero-order valence-electron chi connectivity index (χ0n) is 8.81. The van der Waals surface area contributed by atoms with Gasteiger partial charge in [0, 0.05) is 0 Å². The van der Waals surface area contributed by atoms with E-state index in [1.54, 1.807) is 31.2 Å². The fourth-order valence-electron chi connectivity index (χ4n) is 1.15. The predicted molar refractivity (Wildman–Crippen MR) is 57.4 cm³/mol. The van der Waals surface area contributed by atoms with Crippen LogP contribution >= 0.6 is 0 Å². The third-order valence-electron chi connectivity index (χ3n) is 1.84. The zero-order valence-corrected chi connectivity index (χ0v) is 8.81. The van der Waals surface area contributed by atoms with Crippen molar-refractivity contribution >= 4 is 5.97 Å². The molecule has 15 heavy (non-hydrogen) atoms. The van der Waals surface area contributed by atoms with E-state index in [1.807, 2.05) is 13.0 Å². The van der Waals surface area contributed by atoms with Crippen LogP contribution in [0.4, 0.5) is 0 Å². The number of aryl methyl sites for hydroxylation is 1. The van der Waals surface area contributed by atoms with Gasteiger partial charge in [-0.1, -0.05) is 23.8 Å². The molecule has 1 aromatic rings. The first-order valence-electron chi connectivity index (χ1n) is 4.72. The van der Waals surface area contributed by atoms with Crippen molar-refractivity contribution in [3.8, 4) is 0 Å². The highest BCUT2D eigenvalue weighted by atomic mass is 16.6. The number of aliphatic hydroxyl groups is 1. The minimum absolute atomic E-state index is 0.443. The summed E-state index contributed by atoms with van der Waals surface area (Å²) < 4.78 is 4.76. The number of ether oxygens (including phenoxy) is 1. The molecule has 1 N–H and O–H groups in total. The number of carbonyl (C=O) groups is 1. The highest BCUT2D eigenvalue weighted by Gasteiger charge is 2.10. The first-order valence-corrected chi connectivity index (χ1v) is 4.72. The van der Waals surface area contributed by atoms with Crippen molar-refractivity contribution in [2.24, 2.45) is 0 Å². The molecule has 0 heterocycles. The monoisotopic (exact) mass is 206 g/mol. The van der Waals surface area contributed by atoms with Crippen LogP contribution in [0, 0.1) is 6.92 Å². The van der Waals surface area contributed by atoms with Crippen LogP contribution in [0.15, 0.2) is 36.4 Å². The second-order valence-electron chi connectivity index (χ2n) is 3.19. The van der Waals surface area contributed by atoms with Gasteiger partial charge in [-0.3, -0.25) is 0 Å². The average Bonchev–Trinajstić information content (AvgIpc) is 2.18. The van der Waals surface area contributed by atoms with Crippen LogP contribution in [0.1, 0.15) is 22.8 Å². The molecule has 1 aromatic carbocycles. The molecule has 0 aliphatic carbocycles. The van der Waals surface area contributed by atoms with Gasteiger partial charge in [0.25, 0.3) is 0 Å². The number of allylic oxidation sites excluding steroid dienone is 1. The lowest BCUT2D eigenvalue weighted by molar-refractivity contribution is -0.0352. The van der Waals surface area contributed by atoms with E-state index in [0.29, 0.717) is 5.56 Å². The molecule has 1 rings (SSSR count). The largest absolute Gasteiger partial charge is 0.429 e. The van der Waals surface area contributed by atoms with Crippen LogP contribution in [0.2, 0.25) is 0 Å². The number of carbonyl (C=O) groups excluding carboxylic acids is 1. The maximum Gasteiger partial charge on any atom is 0.340 e. The van der Waals surface area contributed by atoms with E-state index in [2.05, 4.69) is 0 Å². The predicted octanol–water partition coefficient (Wildman–Crippen LogP) is 2.05. The van der Waals surface area contributed by atoms with E-state index in [0.717, 1.165) is 5.56 Å². The Kier molecular flexibility index (Phi) is 4.06. The summed E-state index contributed by atoms with van der Waals surface area (Å²) in [6.45, 7) is 3.63. The van der Waals surface area contributed by atoms with Crippen LogP contribution in [-0.4, -0.2) is 17.4 Å². The topological polar surface area (TPSA) is 46.5 Å². The molecule has 0 aliphatic rings. The quantitative estimate of drug-likeness (QED) is 0.467. The highest BCUT2D eigenvalue weighted by molar-refractivity contribution is 5.89. The molecule has 0 aromatic heterocycles. The minimum Gasteiger partial charge on any atom is -0.429 e. The van der Waals surface area contributed by atoms with Crippen molar-refractivity contribution in [1.82, 2.24) is 0 Å². The molecule has 3 nitrogen and oxygen atoms in total. The van der Waals surface area contributed by atoms with Crippen LogP contribution in [0.3, 0.4) is 0 Å². The summed E-state index contributed by atoms with van der Waals surface area (Å²) >= 11 is 0. The van der Waals surface area contributed by atoms with Crippen molar-refractivity contribution in [3.05, 3.63) is 47.5 Å². The Bertz CT molecular complexity index is 369. The van der Waals surface area contributed by atoms with Crippen molar-refractivity contribution < 1.29 is 14.6 Å². The lowest BCUT2D eigenvalue weighted by Crippen LogP contribution is -2.15. The van der Waals surface area contributed by atoms with Gasteiger partial charge in [0.2, 0.25) is 6.29 Å². The molecule has 0 saturated heterocycles. The third kappa shape index (κ3) is 3.56. The molecule has 0 aliphatic heterocycles. The average molecular weight is 206 g/mol. The fraction of sp³-hybridized carbons (Fsp3) is 0.250. The normalized spacial score (nSPS) is 12.7. The Hall–Kier alpha value is -1.61. The standard InChI is InChI=1S/C12H14O3/c1-3-5-11(13)15-12(14)10-7-4-6-9(2)8-10/h3-8,11,13H,1-2H3/b5-3+. The summed E-state index contributed by atoms with van der Waals surface area (Å²) in [7, 11) is 0. The third-order valence-corrected chi connectivity index (χ3v) is 1.84. The van der Waals surface area contributed by atoms with Crippen LogP contribution < -0.4 is 0 Å². The lowest BCUT2D eigenvalue weighted by atomic mass is 10.1. The maximum atomic E-state index is 11.5. The van der Waals surface area contributed by atoms with E-state index in [-0.39, 0.29) is 0 Å². The lowest BCUT2D eigenvalue weighted by Gasteiger charge is -2.08. The van der Waals surface area contributed by atoms with Gasteiger partial charge in [-0.2, -0.15) is 0 Å². The molecule has 0 spiro atoms. The Morgan fingerprint density at radius 2 is 2.27 bits per heavy atom. The summed E-state index contributed by atoms with van der Waals surface area (Å²) in [4.78, 5) is 11.5. The number of esters is 1. The van der Waals surface area contributed by atoms with Gasteiger partial charge in [0.15, 0.2) is 0 Å². The van der Waals surface area contributed by atoms with Crippen LogP contribution in [-0.2, 0) is 4.74 Å². The SMILES string of the molecule is C/C=C/C(O)OC(=O)c1cccc(C)c1. The van der Waals surface area contributed by atoms with Gasteiger partial charge < -0.3 is 9.84 Å². The van der Waals surface area contributed by atoms with Gasteiger partial charge in [0.05, 0.1) is 5.56 Å². The van der Waals surface area contributed by atoms with Crippen molar-refractivity contribution in [2.75, 3.05) is 0 Å². The molecular weight excluding hydrogens is 192 g/mol. The van der Waals surface area contributed by atoms with Crippen molar-refractivity contribution in [2.45, 2.75) is 20.1 Å². The Morgan fingerprint density at radius 3 is 2.87 bits per heavy atom. The fourth-order valence-corrected chi connectivity index (χ4v) is 1.15. The van der Waals surface area contributed by atoms with Gasteiger partial charge in [-0.25, -0.2) is 4.79 Å². The Labute approximate surface area is 89.0 Å². The van der Waals surface area contributed by atoms with Gasteiger partial charge in [-0.05, 0) is 32.1 Å². The zero-order chi connectivity index (χ0) is 11.3. The van der Waals surface area contributed by atoms with Crippen LogP contribution in [0.25, 0.3) is 0 Å². The Morgan fingerprint density at radius 1 is 1.53 bits per heavy atom. The maximum absolute atomic E-state index is 11.5. The number of aliphatic hydroxyl groups excluding tert-OH is 1. The second-order valence-corrected chi connectivity index (χ2v) is 3.19. The van der Waals surface area contributed by atoms with E-state index in [9.17, 15) is 9.90 Å². The molecule has 80 valence electrons. The first kappa shape index (κ1) is 11.5. The molecular formula is C12H14O3. The molecule has 1 unspecified atom stereocenters. The van der Waals surface area contributed by atoms with Crippen molar-refractivity contribution in [3.63, 3.8) is 0 Å². The number of benzene rings is 1. The smallest absolute Gasteiger partial charge is 0.340 e. The molecule has 0 fully saturated rings. The van der Waals surface area contributed by atoms with Crippen LogP contribution in [0.5, 0.6) is 0 Å². The summed E-state index contributed by atoms with van der Waals surface area (Å²) in [5.41, 5.74) is 1.42. The molecule has 3 heteroatoms. The first-order chi connectivity index (χ1) is 7.13. The van der Waals surface area contributed by atoms with Gasteiger partial charge >= 0.3 is 5.97 Å². The molecule has 0 bridgehead atoms. The summed E-state index contributed by atoms with van der Waals surface area (Å²) in [6.07, 6.45) is 1.84. The highest BCUT2D eigenvalue weighted by Crippen LogP contribution is 2.06. The Balaban J connectivity index is 2.69. The molecule has 0 amide bonds. The number of hydrogen-bond acceptors (Lipinski definition) is 3. The summed E-state index contributed by atoms with van der Waals surface area (Å²) in [5, 5.41) is 9.22. The molecule has 0 radical (unpaired) electrons. The molecule has 0 saturated carbocycles. The number of rotatable bonds is 3. The summed E-state index contributed by atoms with van der Waals surface area (Å²) in [6, 6.07) is 7.02. The van der Waals surface area contributed by atoms with E-state index in [4.69, 9.17) is 4.74 Å². The van der Waals surface area contributed by atoms with Gasteiger partial charge in [0.1, 0.15) is 0 Å². The number of hydrogen-bond donors (Lipinski definition) is 1. The minimum atomic E-state index is -1.18.